The van der Waals surface area contributed by atoms with Gasteiger partial charge in [-0.2, -0.15) is 0 Å². The molecule has 1 aromatic carbocycles. The number of halogens is 1. The standard InChI is InChI=1S/C14H11FN2O4/c15-11-3-1-2-4-12(11)21-8-13(18)17-10-5-9(14(19)20)6-16-7-10/h1-7H,8H2,(H,17,18)(H,19,20). The number of rotatable bonds is 5. The van der Waals surface area contributed by atoms with Gasteiger partial charge in [-0.1, -0.05) is 12.1 Å². The molecule has 6 nitrogen and oxygen atoms in total. The molecule has 0 bridgehead atoms. The summed E-state index contributed by atoms with van der Waals surface area (Å²) in [5.41, 5.74) is 0.167. The van der Waals surface area contributed by atoms with Crippen LogP contribution in [0, 0.1) is 5.82 Å². The van der Waals surface area contributed by atoms with Gasteiger partial charge in [0, 0.05) is 6.20 Å². The summed E-state index contributed by atoms with van der Waals surface area (Å²) in [5, 5.41) is 11.2. The summed E-state index contributed by atoms with van der Waals surface area (Å²) in [7, 11) is 0. The first-order valence-corrected chi connectivity index (χ1v) is 5.92. The maximum absolute atomic E-state index is 13.3. The smallest absolute Gasteiger partial charge is 0.337 e. The maximum Gasteiger partial charge on any atom is 0.337 e. The van der Waals surface area contributed by atoms with Crippen LogP contribution in [-0.4, -0.2) is 28.6 Å². The van der Waals surface area contributed by atoms with Crippen molar-refractivity contribution in [1.82, 2.24) is 4.98 Å². The highest BCUT2D eigenvalue weighted by molar-refractivity contribution is 5.94. The molecule has 0 aliphatic carbocycles. The number of hydrogen-bond acceptors (Lipinski definition) is 4. The predicted molar refractivity (Wildman–Crippen MR) is 71.7 cm³/mol. The molecule has 0 radical (unpaired) electrons. The summed E-state index contributed by atoms with van der Waals surface area (Å²) in [5.74, 6) is -2.31. The first-order valence-electron chi connectivity index (χ1n) is 5.92. The van der Waals surface area contributed by atoms with Gasteiger partial charge in [0.2, 0.25) is 0 Å². The number of benzene rings is 1. The van der Waals surface area contributed by atoms with Crippen molar-refractivity contribution in [3.63, 3.8) is 0 Å². The molecule has 0 saturated heterocycles. The normalized spacial score (nSPS) is 9.95. The van der Waals surface area contributed by atoms with Crippen LogP contribution in [-0.2, 0) is 4.79 Å². The van der Waals surface area contributed by atoms with Gasteiger partial charge < -0.3 is 15.2 Å². The quantitative estimate of drug-likeness (QED) is 0.878. The van der Waals surface area contributed by atoms with Gasteiger partial charge in [0.1, 0.15) is 0 Å². The van der Waals surface area contributed by atoms with Crippen LogP contribution in [0.3, 0.4) is 0 Å². The zero-order valence-electron chi connectivity index (χ0n) is 10.7. The number of nitrogens with zero attached hydrogens (tertiary/aromatic N) is 1. The van der Waals surface area contributed by atoms with E-state index in [9.17, 15) is 14.0 Å². The number of amides is 1. The van der Waals surface area contributed by atoms with Crippen molar-refractivity contribution in [1.29, 1.82) is 0 Å². The Kier molecular flexibility index (Phi) is 4.45. The second-order valence-electron chi connectivity index (χ2n) is 4.03. The van der Waals surface area contributed by atoms with Gasteiger partial charge in [-0.25, -0.2) is 9.18 Å². The molecule has 2 aromatic rings. The fourth-order valence-electron chi connectivity index (χ4n) is 1.53. The largest absolute Gasteiger partial charge is 0.481 e. The molecule has 1 heterocycles. The molecular formula is C14H11FN2O4. The van der Waals surface area contributed by atoms with Gasteiger partial charge in [-0.3, -0.25) is 9.78 Å². The lowest BCUT2D eigenvalue weighted by atomic mass is 10.2. The first-order chi connectivity index (χ1) is 10.1. The number of carbonyl (C=O) groups is 2. The van der Waals surface area contributed by atoms with Crippen LogP contribution in [0.25, 0.3) is 0 Å². The molecule has 7 heteroatoms. The van der Waals surface area contributed by atoms with E-state index in [4.69, 9.17) is 9.84 Å². The molecule has 2 N–H and O–H groups in total. The Morgan fingerprint density at radius 3 is 2.76 bits per heavy atom. The third-order valence-electron chi connectivity index (χ3n) is 2.46. The molecule has 108 valence electrons. The number of hydrogen-bond donors (Lipinski definition) is 2. The topological polar surface area (TPSA) is 88.5 Å². The Labute approximate surface area is 119 Å². The molecular weight excluding hydrogens is 279 g/mol. The lowest BCUT2D eigenvalue weighted by Crippen LogP contribution is -2.20. The minimum Gasteiger partial charge on any atom is -0.481 e. The molecule has 1 amide bonds. The van der Waals surface area contributed by atoms with Crippen LogP contribution in [0.4, 0.5) is 10.1 Å². The van der Waals surface area contributed by atoms with Crippen molar-refractivity contribution >= 4 is 17.6 Å². The van der Waals surface area contributed by atoms with Crippen LogP contribution in [0.2, 0.25) is 0 Å². The number of nitrogens with one attached hydrogen (secondary N) is 1. The Bertz CT molecular complexity index is 676. The first kappa shape index (κ1) is 14.4. The Morgan fingerprint density at radius 1 is 1.29 bits per heavy atom. The maximum atomic E-state index is 13.3. The highest BCUT2D eigenvalue weighted by Crippen LogP contribution is 2.15. The summed E-state index contributed by atoms with van der Waals surface area (Å²) in [6, 6.07) is 6.96. The van der Waals surface area contributed by atoms with Gasteiger partial charge in [0.15, 0.2) is 18.2 Å². The second-order valence-corrected chi connectivity index (χ2v) is 4.03. The number of carboxylic acid groups (broad SMARTS) is 1. The van der Waals surface area contributed by atoms with Gasteiger partial charge in [-0.05, 0) is 18.2 Å². The molecule has 0 spiro atoms. The van der Waals surface area contributed by atoms with E-state index in [1.165, 1.54) is 30.5 Å². The van der Waals surface area contributed by atoms with E-state index in [2.05, 4.69) is 10.3 Å². The van der Waals surface area contributed by atoms with Crippen LogP contribution < -0.4 is 10.1 Å². The van der Waals surface area contributed by atoms with Crippen molar-refractivity contribution < 1.29 is 23.8 Å². The van der Waals surface area contributed by atoms with Crippen molar-refractivity contribution in [3.8, 4) is 5.75 Å². The number of aromatic carboxylic acids is 1. The van der Waals surface area contributed by atoms with Crippen molar-refractivity contribution in [2.45, 2.75) is 0 Å². The molecule has 0 aliphatic heterocycles. The third-order valence-corrected chi connectivity index (χ3v) is 2.46. The Morgan fingerprint density at radius 2 is 2.05 bits per heavy atom. The number of para-hydroxylation sites is 1. The minimum atomic E-state index is -1.15. The van der Waals surface area contributed by atoms with E-state index in [0.717, 1.165) is 6.20 Å². The van der Waals surface area contributed by atoms with Crippen LogP contribution in [0.5, 0.6) is 5.75 Å². The van der Waals surface area contributed by atoms with Gasteiger partial charge >= 0.3 is 5.97 Å². The fourth-order valence-corrected chi connectivity index (χ4v) is 1.53. The van der Waals surface area contributed by atoms with Crippen molar-refractivity contribution in [3.05, 3.63) is 54.1 Å². The van der Waals surface area contributed by atoms with Crippen molar-refractivity contribution in [2.24, 2.45) is 0 Å². The van der Waals surface area contributed by atoms with Gasteiger partial charge in [-0.15, -0.1) is 0 Å². The van der Waals surface area contributed by atoms with Crippen molar-refractivity contribution in [2.75, 3.05) is 11.9 Å². The third kappa shape index (κ3) is 4.00. The number of carboxylic acids is 1. The zero-order chi connectivity index (χ0) is 15.2. The predicted octanol–water partition coefficient (Wildman–Crippen LogP) is 1.94. The van der Waals surface area contributed by atoms with E-state index in [1.807, 2.05) is 0 Å². The Hall–Kier alpha value is -2.96. The van der Waals surface area contributed by atoms with Crippen LogP contribution in [0.15, 0.2) is 42.7 Å². The Balaban J connectivity index is 1.95. The van der Waals surface area contributed by atoms with E-state index >= 15 is 0 Å². The lowest BCUT2D eigenvalue weighted by Gasteiger charge is -2.08. The monoisotopic (exact) mass is 290 g/mol. The average Bonchev–Trinajstić information content (AvgIpc) is 2.46. The number of carbonyl (C=O) groups excluding carboxylic acids is 1. The van der Waals surface area contributed by atoms with Gasteiger partial charge in [0.05, 0.1) is 17.4 Å². The molecule has 1 aromatic heterocycles. The highest BCUT2D eigenvalue weighted by atomic mass is 19.1. The van der Waals surface area contributed by atoms with Crippen LogP contribution >= 0.6 is 0 Å². The second kappa shape index (κ2) is 6.47. The van der Waals surface area contributed by atoms with E-state index in [-0.39, 0.29) is 17.0 Å². The number of aromatic nitrogens is 1. The summed E-state index contributed by atoms with van der Waals surface area (Å²) in [6.07, 6.45) is 2.46. The van der Waals surface area contributed by atoms with E-state index < -0.39 is 24.3 Å². The highest BCUT2D eigenvalue weighted by Gasteiger charge is 2.09. The molecule has 0 atom stereocenters. The molecule has 0 fully saturated rings. The molecule has 2 rings (SSSR count). The average molecular weight is 290 g/mol. The zero-order valence-corrected chi connectivity index (χ0v) is 10.7. The van der Waals surface area contributed by atoms with Crippen LogP contribution in [0.1, 0.15) is 10.4 Å². The lowest BCUT2D eigenvalue weighted by molar-refractivity contribution is -0.118. The van der Waals surface area contributed by atoms with E-state index in [1.54, 1.807) is 6.07 Å². The summed E-state index contributed by atoms with van der Waals surface area (Å²) < 4.78 is 18.3. The van der Waals surface area contributed by atoms with E-state index in [0.29, 0.717) is 0 Å². The number of ether oxygens (including phenoxy) is 1. The number of anilines is 1. The van der Waals surface area contributed by atoms with Gasteiger partial charge in [0.25, 0.3) is 5.91 Å². The molecule has 0 saturated carbocycles. The molecule has 0 unspecified atom stereocenters. The summed E-state index contributed by atoms with van der Waals surface area (Å²) >= 11 is 0. The summed E-state index contributed by atoms with van der Waals surface area (Å²) in [4.78, 5) is 26.1. The molecule has 0 aliphatic rings. The minimum absolute atomic E-state index is 0.0370. The summed E-state index contributed by atoms with van der Waals surface area (Å²) in [6.45, 7) is -0.405. The fraction of sp³-hybridized carbons (Fsp3) is 0.0714. The molecule has 21 heavy (non-hydrogen) atoms. The SMILES string of the molecule is O=C(COc1ccccc1F)Nc1cncc(C(=O)O)c1. The number of pyridine rings is 1.